The summed E-state index contributed by atoms with van der Waals surface area (Å²) in [5.74, 6) is 0.0729. The van der Waals surface area contributed by atoms with Crippen LogP contribution in [0.5, 0.6) is 0 Å². The minimum Gasteiger partial charge on any atom is -0.466 e. The van der Waals surface area contributed by atoms with Crippen LogP contribution in [-0.4, -0.2) is 24.8 Å². The van der Waals surface area contributed by atoms with Crippen molar-refractivity contribution in [2.24, 2.45) is 5.92 Å². The monoisotopic (exact) mass is 228 g/mol. The molecule has 0 saturated heterocycles. The van der Waals surface area contributed by atoms with E-state index < -0.39 is 0 Å². The molecule has 1 saturated carbocycles. The Morgan fingerprint density at radius 3 is 2.25 bits per heavy atom. The Balaban J connectivity index is 2.45. The maximum Gasteiger partial charge on any atom is 0.308 e. The van der Waals surface area contributed by atoms with Crippen LogP contribution in [0.3, 0.4) is 0 Å². The zero-order valence-corrected chi connectivity index (χ0v) is 10.8. The molecule has 0 aromatic heterocycles. The van der Waals surface area contributed by atoms with Gasteiger partial charge >= 0.3 is 5.97 Å². The summed E-state index contributed by atoms with van der Waals surface area (Å²) in [5.41, 5.74) is 0.0255. The molecular weight excluding hydrogens is 204 g/mol. The molecule has 1 rings (SSSR count). The summed E-state index contributed by atoms with van der Waals surface area (Å²) in [7, 11) is 0. The number of rotatable bonds is 5. The minimum atomic E-state index is -0.0244. The second-order valence-corrected chi connectivity index (χ2v) is 4.50. The predicted octanol–water partition coefficient (Wildman–Crippen LogP) is 2.93. The van der Waals surface area contributed by atoms with Crippen molar-refractivity contribution in [2.45, 2.75) is 58.5 Å². The van der Waals surface area contributed by atoms with E-state index in [9.17, 15) is 4.79 Å². The molecule has 3 nitrogen and oxygen atoms in total. The summed E-state index contributed by atoms with van der Waals surface area (Å²) < 4.78 is 10.9. The second kappa shape index (κ2) is 6.24. The van der Waals surface area contributed by atoms with Crippen LogP contribution in [0, 0.1) is 5.92 Å². The Bertz CT molecular complexity index is 217. The normalized spacial score (nSPS) is 30.1. The fourth-order valence-electron chi connectivity index (χ4n) is 2.55. The first-order valence-corrected chi connectivity index (χ1v) is 6.48. The quantitative estimate of drug-likeness (QED) is 0.679. The van der Waals surface area contributed by atoms with E-state index in [1.54, 1.807) is 0 Å². The largest absolute Gasteiger partial charge is 0.466 e. The Labute approximate surface area is 98.5 Å². The zero-order chi connectivity index (χ0) is 12.0. The Morgan fingerprint density at radius 1 is 1.19 bits per heavy atom. The van der Waals surface area contributed by atoms with Gasteiger partial charge in [0.25, 0.3) is 0 Å². The van der Waals surface area contributed by atoms with E-state index in [1.807, 2.05) is 13.8 Å². The Hall–Kier alpha value is -0.570. The van der Waals surface area contributed by atoms with Gasteiger partial charge in [0.1, 0.15) is 0 Å². The van der Waals surface area contributed by atoms with E-state index in [0.717, 1.165) is 38.7 Å². The van der Waals surface area contributed by atoms with Crippen LogP contribution in [0.15, 0.2) is 0 Å². The maximum absolute atomic E-state index is 11.6. The zero-order valence-electron chi connectivity index (χ0n) is 10.8. The molecule has 0 spiro atoms. The molecule has 0 radical (unpaired) electrons. The van der Waals surface area contributed by atoms with Gasteiger partial charge in [-0.25, -0.2) is 0 Å². The fourth-order valence-corrected chi connectivity index (χ4v) is 2.55. The summed E-state index contributed by atoms with van der Waals surface area (Å²) in [6.45, 7) is 7.31. The number of carbonyl (C=O) groups is 1. The highest BCUT2D eigenvalue weighted by atomic mass is 16.5. The van der Waals surface area contributed by atoms with Gasteiger partial charge in [-0.3, -0.25) is 4.79 Å². The molecule has 0 bridgehead atoms. The van der Waals surface area contributed by atoms with E-state index in [1.165, 1.54) is 0 Å². The van der Waals surface area contributed by atoms with Gasteiger partial charge in [-0.2, -0.15) is 0 Å². The van der Waals surface area contributed by atoms with E-state index in [2.05, 4.69) is 6.92 Å². The third-order valence-corrected chi connectivity index (χ3v) is 3.61. The van der Waals surface area contributed by atoms with Gasteiger partial charge in [-0.15, -0.1) is 0 Å². The predicted molar refractivity (Wildman–Crippen MR) is 63.2 cm³/mol. The fraction of sp³-hybridized carbons (Fsp3) is 0.923. The average molecular weight is 228 g/mol. The number of ether oxygens (including phenoxy) is 2. The first kappa shape index (κ1) is 13.5. The molecule has 0 amide bonds. The molecule has 1 aliphatic carbocycles. The smallest absolute Gasteiger partial charge is 0.308 e. The van der Waals surface area contributed by atoms with Crippen molar-refractivity contribution in [3.05, 3.63) is 0 Å². The number of esters is 1. The van der Waals surface area contributed by atoms with Crippen molar-refractivity contribution in [3.8, 4) is 0 Å². The molecule has 1 aliphatic rings. The molecule has 94 valence electrons. The molecule has 0 aromatic carbocycles. The standard InChI is InChI=1S/C13H24O3/c1-4-13(16-6-3)9-7-11(8-10-13)12(14)15-5-2/h11H,4-10H2,1-3H3. The highest BCUT2D eigenvalue weighted by molar-refractivity contribution is 5.72. The first-order chi connectivity index (χ1) is 7.67. The molecule has 0 aromatic rings. The third-order valence-electron chi connectivity index (χ3n) is 3.61. The molecule has 0 atom stereocenters. The molecule has 1 fully saturated rings. The van der Waals surface area contributed by atoms with Crippen molar-refractivity contribution in [1.82, 2.24) is 0 Å². The van der Waals surface area contributed by atoms with Crippen LogP contribution in [0.1, 0.15) is 52.9 Å². The van der Waals surface area contributed by atoms with E-state index in [4.69, 9.17) is 9.47 Å². The van der Waals surface area contributed by atoms with Crippen LogP contribution in [0.4, 0.5) is 0 Å². The van der Waals surface area contributed by atoms with E-state index in [0.29, 0.717) is 6.61 Å². The molecule has 16 heavy (non-hydrogen) atoms. The Kier molecular flexibility index (Phi) is 5.26. The molecule has 0 aliphatic heterocycles. The van der Waals surface area contributed by atoms with Crippen LogP contribution in [-0.2, 0) is 14.3 Å². The molecule has 0 N–H and O–H groups in total. The highest BCUT2D eigenvalue weighted by Crippen LogP contribution is 2.37. The molecule has 3 heteroatoms. The number of carbonyl (C=O) groups excluding carboxylic acids is 1. The summed E-state index contributed by atoms with van der Waals surface area (Å²) >= 11 is 0. The van der Waals surface area contributed by atoms with Gasteiger partial charge in [0.2, 0.25) is 0 Å². The van der Waals surface area contributed by atoms with Gasteiger partial charge in [-0.05, 0) is 46.0 Å². The van der Waals surface area contributed by atoms with Gasteiger partial charge in [-0.1, -0.05) is 6.92 Å². The van der Waals surface area contributed by atoms with Crippen LogP contribution in [0.25, 0.3) is 0 Å². The second-order valence-electron chi connectivity index (χ2n) is 4.50. The minimum absolute atomic E-state index is 0.0244. The van der Waals surface area contributed by atoms with Gasteiger partial charge in [0.05, 0.1) is 18.1 Å². The van der Waals surface area contributed by atoms with E-state index in [-0.39, 0.29) is 17.5 Å². The van der Waals surface area contributed by atoms with Gasteiger partial charge < -0.3 is 9.47 Å². The highest BCUT2D eigenvalue weighted by Gasteiger charge is 2.37. The summed E-state index contributed by atoms with van der Waals surface area (Å²) in [6, 6.07) is 0. The lowest BCUT2D eigenvalue weighted by Gasteiger charge is -2.38. The molecular formula is C13H24O3. The summed E-state index contributed by atoms with van der Waals surface area (Å²) in [6.07, 6.45) is 4.83. The van der Waals surface area contributed by atoms with Crippen LogP contribution in [0.2, 0.25) is 0 Å². The molecule has 0 unspecified atom stereocenters. The number of hydrogen-bond donors (Lipinski definition) is 0. The van der Waals surface area contributed by atoms with Crippen molar-refractivity contribution < 1.29 is 14.3 Å². The van der Waals surface area contributed by atoms with Gasteiger partial charge in [0, 0.05) is 6.61 Å². The number of hydrogen-bond acceptors (Lipinski definition) is 3. The van der Waals surface area contributed by atoms with Crippen molar-refractivity contribution >= 4 is 5.97 Å². The molecule has 0 heterocycles. The first-order valence-electron chi connectivity index (χ1n) is 6.48. The lowest BCUT2D eigenvalue weighted by molar-refractivity contribution is -0.152. The SMILES string of the molecule is CCOC(=O)C1CCC(CC)(OCC)CC1. The average Bonchev–Trinajstić information content (AvgIpc) is 2.30. The summed E-state index contributed by atoms with van der Waals surface area (Å²) in [5, 5.41) is 0. The Morgan fingerprint density at radius 2 is 1.81 bits per heavy atom. The van der Waals surface area contributed by atoms with Gasteiger partial charge in [0.15, 0.2) is 0 Å². The van der Waals surface area contributed by atoms with Crippen molar-refractivity contribution in [1.29, 1.82) is 0 Å². The summed E-state index contributed by atoms with van der Waals surface area (Å²) in [4.78, 5) is 11.6. The maximum atomic E-state index is 11.6. The van der Waals surface area contributed by atoms with Crippen LogP contribution < -0.4 is 0 Å². The van der Waals surface area contributed by atoms with Crippen LogP contribution >= 0.6 is 0 Å². The lowest BCUT2D eigenvalue weighted by atomic mass is 9.77. The van der Waals surface area contributed by atoms with E-state index >= 15 is 0 Å². The lowest BCUT2D eigenvalue weighted by Crippen LogP contribution is -2.38. The third kappa shape index (κ3) is 3.21. The topological polar surface area (TPSA) is 35.5 Å². The van der Waals surface area contributed by atoms with Crippen molar-refractivity contribution in [3.63, 3.8) is 0 Å². The van der Waals surface area contributed by atoms with Crippen molar-refractivity contribution in [2.75, 3.05) is 13.2 Å².